The molecule has 0 unspecified atom stereocenters. The van der Waals surface area contributed by atoms with E-state index in [0.717, 1.165) is 18.7 Å². The molecule has 2 aromatic rings. The lowest BCUT2D eigenvalue weighted by Crippen LogP contribution is -2.37. The SMILES string of the molecule is COc1ccc2c(c1)CN(CCS(C)(=O)=O)[C@H](c1ccccc1)C2. The molecule has 0 bridgehead atoms. The standard InChI is InChI=1S/C19H23NO3S/c1-23-18-9-8-16-13-19(15-6-4-3-5-7-15)20(14-17(16)12-18)10-11-24(2,21)22/h3-9,12,19H,10-11,13-14H2,1-2H3/t19-/m0/s1. The van der Waals surface area contributed by atoms with Crippen molar-refractivity contribution in [3.8, 4) is 5.75 Å². The fourth-order valence-corrected chi connectivity index (χ4v) is 3.83. The van der Waals surface area contributed by atoms with Crippen LogP contribution in [0.3, 0.4) is 0 Å². The van der Waals surface area contributed by atoms with Gasteiger partial charge in [-0.3, -0.25) is 4.90 Å². The molecule has 128 valence electrons. The largest absolute Gasteiger partial charge is 0.497 e. The van der Waals surface area contributed by atoms with Gasteiger partial charge in [-0.25, -0.2) is 8.42 Å². The van der Waals surface area contributed by atoms with E-state index in [-0.39, 0.29) is 11.8 Å². The minimum atomic E-state index is -2.99. The third-order valence-electron chi connectivity index (χ3n) is 4.57. The lowest BCUT2D eigenvalue weighted by molar-refractivity contribution is 0.183. The molecule has 2 aromatic carbocycles. The van der Waals surface area contributed by atoms with Crippen LogP contribution in [0.4, 0.5) is 0 Å². The van der Waals surface area contributed by atoms with Crippen molar-refractivity contribution in [1.82, 2.24) is 4.90 Å². The summed E-state index contributed by atoms with van der Waals surface area (Å²) in [4.78, 5) is 2.26. The van der Waals surface area contributed by atoms with Crippen LogP contribution in [0, 0.1) is 0 Å². The van der Waals surface area contributed by atoms with Gasteiger partial charge in [0.1, 0.15) is 15.6 Å². The highest BCUT2D eigenvalue weighted by molar-refractivity contribution is 7.90. The van der Waals surface area contributed by atoms with Gasteiger partial charge in [-0.2, -0.15) is 0 Å². The molecular weight excluding hydrogens is 322 g/mol. The van der Waals surface area contributed by atoms with E-state index in [1.54, 1.807) is 7.11 Å². The van der Waals surface area contributed by atoms with Crippen molar-refractivity contribution >= 4 is 9.84 Å². The van der Waals surface area contributed by atoms with Gasteiger partial charge in [0.15, 0.2) is 0 Å². The summed E-state index contributed by atoms with van der Waals surface area (Å²) in [6.45, 7) is 1.27. The second kappa shape index (κ2) is 6.95. The van der Waals surface area contributed by atoms with Gasteiger partial charge in [-0.15, -0.1) is 0 Å². The number of ether oxygens (including phenoxy) is 1. The molecule has 0 spiro atoms. The number of sulfone groups is 1. The summed E-state index contributed by atoms with van der Waals surface area (Å²) >= 11 is 0. The molecule has 0 amide bonds. The zero-order valence-corrected chi connectivity index (χ0v) is 14.9. The highest BCUT2D eigenvalue weighted by Crippen LogP contribution is 2.34. The Bertz CT molecular complexity index is 803. The molecule has 4 nitrogen and oxygen atoms in total. The molecule has 0 N–H and O–H groups in total. The Hall–Kier alpha value is -1.85. The van der Waals surface area contributed by atoms with Crippen LogP contribution in [0.1, 0.15) is 22.7 Å². The van der Waals surface area contributed by atoms with Gasteiger partial charge in [0.05, 0.1) is 12.9 Å². The summed E-state index contributed by atoms with van der Waals surface area (Å²) in [5.74, 6) is 1.02. The summed E-state index contributed by atoms with van der Waals surface area (Å²) in [7, 11) is -1.32. The molecule has 0 saturated carbocycles. The lowest BCUT2D eigenvalue weighted by atomic mass is 9.90. The van der Waals surface area contributed by atoms with E-state index < -0.39 is 9.84 Å². The van der Waals surface area contributed by atoms with E-state index in [1.807, 2.05) is 24.3 Å². The predicted octanol–water partition coefficient (Wildman–Crippen LogP) is 2.84. The van der Waals surface area contributed by atoms with E-state index in [0.29, 0.717) is 6.54 Å². The Morgan fingerprint density at radius 3 is 2.54 bits per heavy atom. The quantitative estimate of drug-likeness (QED) is 0.836. The maximum absolute atomic E-state index is 11.6. The summed E-state index contributed by atoms with van der Waals surface area (Å²) in [5, 5.41) is 0. The molecular formula is C19H23NO3S. The maximum atomic E-state index is 11.6. The third-order valence-corrected chi connectivity index (χ3v) is 5.50. The van der Waals surface area contributed by atoms with Crippen molar-refractivity contribution in [2.24, 2.45) is 0 Å². The van der Waals surface area contributed by atoms with E-state index in [4.69, 9.17) is 4.74 Å². The number of rotatable bonds is 5. The van der Waals surface area contributed by atoms with Gasteiger partial charge in [-0.05, 0) is 35.2 Å². The average Bonchev–Trinajstić information content (AvgIpc) is 2.58. The van der Waals surface area contributed by atoms with Crippen LogP contribution < -0.4 is 4.74 Å². The first-order valence-corrected chi connectivity index (χ1v) is 10.1. The average molecular weight is 345 g/mol. The zero-order chi connectivity index (χ0) is 17.2. The van der Waals surface area contributed by atoms with Crippen molar-refractivity contribution in [3.05, 3.63) is 65.2 Å². The van der Waals surface area contributed by atoms with Crippen molar-refractivity contribution in [2.75, 3.05) is 25.7 Å². The Balaban J connectivity index is 1.92. The molecule has 1 heterocycles. The van der Waals surface area contributed by atoms with E-state index in [9.17, 15) is 8.42 Å². The predicted molar refractivity (Wildman–Crippen MR) is 96.0 cm³/mol. The fraction of sp³-hybridized carbons (Fsp3) is 0.368. The topological polar surface area (TPSA) is 46.6 Å². The molecule has 1 aliphatic heterocycles. The van der Waals surface area contributed by atoms with Gasteiger partial charge < -0.3 is 4.74 Å². The van der Waals surface area contributed by atoms with Crippen molar-refractivity contribution in [1.29, 1.82) is 0 Å². The summed E-state index contributed by atoms with van der Waals surface area (Å²) < 4.78 is 28.6. The Morgan fingerprint density at radius 1 is 1.12 bits per heavy atom. The van der Waals surface area contributed by atoms with Crippen LogP contribution in [0.15, 0.2) is 48.5 Å². The maximum Gasteiger partial charge on any atom is 0.148 e. The molecule has 0 saturated heterocycles. The molecule has 0 radical (unpaired) electrons. The van der Waals surface area contributed by atoms with Crippen LogP contribution in [-0.4, -0.2) is 39.0 Å². The molecule has 3 rings (SSSR count). The molecule has 5 heteroatoms. The number of fused-ring (bicyclic) bond motifs is 1. The van der Waals surface area contributed by atoms with E-state index in [1.165, 1.54) is 22.9 Å². The molecule has 24 heavy (non-hydrogen) atoms. The smallest absolute Gasteiger partial charge is 0.148 e. The summed E-state index contributed by atoms with van der Waals surface area (Å²) in [5.41, 5.74) is 3.75. The van der Waals surface area contributed by atoms with Gasteiger partial charge in [0.25, 0.3) is 0 Å². The minimum Gasteiger partial charge on any atom is -0.497 e. The van der Waals surface area contributed by atoms with Crippen molar-refractivity contribution < 1.29 is 13.2 Å². The Morgan fingerprint density at radius 2 is 1.88 bits per heavy atom. The van der Waals surface area contributed by atoms with Crippen LogP contribution in [-0.2, 0) is 22.8 Å². The summed E-state index contributed by atoms with van der Waals surface area (Å²) in [6.07, 6.45) is 2.18. The van der Waals surface area contributed by atoms with E-state index in [2.05, 4.69) is 29.2 Å². The second-order valence-electron chi connectivity index (χ2n) is 6.37. The molecule has 1 atom stereocenters. The molecule has 1 aliphatic rings. The van der Waals surface area contributed by atoms with Gasteiger partial charge in [-0.1, -0.05) is 36.4 Å². The molecule has 0 aliphatic carbocycles. The van der Waals surface area contributed by atoms with Gasteiger partial charge in [0, 0.05) is 25.4 Å². The number of methoxy groups -OCH3 is 1. The Labute approximate surface area is 144 Å². The first-order chi connectivity index (χ1) is 11.5. The zero-order valence-electron chi connectivity index (χ0n) is 14.1. The lowest BCUT2D eigenvalue weighted by Gasteiger charge is -2.37. The van der Waals surface area contributed by atoms with Crippen LogP contribution in [0.25, 0.3) is 0 Å². The normalized spacial score (nSPS) is 18.2. The second-order valence-corrected chi connectivity index (χ2v) is 8.63. The fourth-order valence-electron chi connectivity index (χ4n) is 3.26. The Kier molecular flexibility index (Phi) is 4.92. The van der Waals surface area contributed by atoms with Crippen LogP contribution >= 0.6 is 0 Å². The highest BCUT2D eigenvalue weighted by Gasteiger charge is 2.28. The monoisotopic (exact) mass is 345 g/mol. The number of hydrogen-bond donors (Lipinski definition) is 0. The first kappa shape index (κ1) is 17.0. The van der Waals surface area contributed by atoms with Crippen LogP contribution in [0.5, 0.6) is 5.75 Å². The first-order valence-electron chi connectivity index (χ1n) is 8.09. The third kappa shape index (κ3) is 3.97. The number of benzene rings is 2. The highest BCUT2D eigenvalue weighted by atomic mass is 32.2. The molecule has 0 aromatic heterocycles. The summed E-state index contributed by atoms with van der Waals surface area (Å²) in [6, 6.07) is 16.7. The van der Waals surface area contributed by atoms with Crippen LogP contribution in [0.2, 0.25) is 0 Å². The number of hydrogen-bond acceptors (Lipinski definition) is 4. The number of nitrogens with zero attached hydrogens (tertiary/aromatic N) is 1. The van der Waals surface area contributed by atoms with Gasteiger partial charge >= 0.3 is 0 Å². The minimum absolute atomic E-state index is 0.176. The molecule has 0 fully saturated rings. The van der Waals surface area contributed by atoms with Crippen molar-refractivity contribution in [3.63, 3.8) is 0 Å². The van der Waals surface area contributed by atoms with E-state index >= 15 is 0 Å². The van der Waals surface area contributed by atoms with Gasteiger partial charge in [0.2, 0.25) is 0 Å². The van der Waals surface area contributed by atoms with Crippen molar-refractivity contribution in [2.45, 2.75) is 19.0 Å².